The van der Waals surface area contributed by atoms with E-state index in [1.165, 1.54) is 30.3 Å². The van der Waals surface area contributed by atoms with Gasteiger partial charge in [-0.05, 0) is 170 Å². The fourth-order valence-corrected chi connectivity index (χ4v) is 9.21. The number of hydrogen-bond acceptors (Lipinski definition) is 1. The molecule has 1 nitrogen and oxygen atoms in total. The van der Waals surface area contributed by atoms with Crippen molar-refractivity contribution in [3.8, 4) is 50.3 Å². The Hall–Kier alpha value is -7.57. The van der Waals surface area contributed by atoms with E-state index < -0.39 is 6.36 Å². The largest absolute Gasteiger partial charge is 0.573 e. The van der Waals surface area contributed by atoms with E-state index in [-0.39, 0.29) is 17.4 Å². The van der Waals surface area contributed by atoms with Crippen molar-refractivity contribution in [3.63, 3.8) is 0 Å². The van der Waals surface area contributed by atoms with Crippen molar-refractivity contribution in [2.45, 2.75) is 6.36 Å². The van der Waals surface area contributed by atoms with E-state index in [4.69, 9.17) is 0 Å². The summed E-state index contributed by atoms with van der Waals surface area (Å²) in [5.41, 5.74) is 7.11. The Labute approximate surface area is 346 Å². The Morgan fingerprint density at radius 1 is 0.311 bits per heavy atom. The second-order valence-electron chi connectivity index (χ2n) is 15.4. The van der Waals surface area contributed by atoms with Gasteiger partial charge in [-0.1, -0.05) is 127 Å². The molecule has 0 spiro atoms. The summed E-state index contributed by atoms with van der Waals surface area (Å²) in [4.78, 5) is 0. The van der Waals surface area contributed by atoms with E-state index in [1.807, 2.05) is 48.5 Å². The Morgan fingerprint density at radius 3 is 1.30 bits per heavy atom. The van der Waals surface area contributed by atoms with Gasteiger partial charge in [0.1, 0.15) is 17.4 Å². The highest BCUT2D eigenvalue weighted by molar-refractivity contribution is 6.29. The van der Waals surface area contributed by atoms with Crippen LogP contribution >= 0.6 is 0 Å². The standard InChI is InChI=1S/C55H31F5O/c56-38-19-13-32(14-20-38)34-17-24-47-52(28-34)54(50-31-37-27-39(57)21-26-42(37)44-10-4-6-12-46(44)50)48-25-18-35(33-15-22-40(23-16-33)61-55(58,59)60)29-51(48)53(47)49-30-36-7-1-2-8-41(36)43-9-3-5-11-45(43)49/h1-31H. The number of benzene rings is 11. The minimum Gasteiger partial charge on any atom is -0.406 e. The monoisotopic (exact) mass is 802 g/mol. The number of alkyl halides is 3. The van der Waals surface area contributed by atoms with Gasteiger partial charge in [-0.15, -0.1) is 13.2 Å². The summed E-state index contributed by atoms with van der Waals surface area (Å²) in [7, 11) is 0. The second-order valence-corrected chi connectivity index (χ2v) is 15.4. The molecule has 0 aliphatic rings. The molecule has 6 heteroatoms. The highest BCUT2D eigenvalue weighted by Crippen LogP contribution is 2.50. The zero-order valence-electron chi connectivity index (χ0n) is 32.2. The van der Waals surface area contributed by atoms with Gasteiger partial charge in [-0.2, -0.15) is 0 Å². The zero-order valence-corrected chi connectivity index (χ0v) is 32.2. The number of rotatable bonds is 5. The van der Waals surface area contributed by atoms with Crippen LogP contribution in [-0.2, 0) is 0 Å². The summed E-state index contributed by atoms with van der Waals surface area (Å²) in [6, 6.07) is 59.0. The summed E-state index contributed by atoms with van der Waals surface area (Å²) >= 11 is 0. The van der Waals surface area contributed by atoms with Crippen LogP contribution in [0.4, 0.5) is 22.0 Å². The minimum atomic E-state index is -4.81. The molecule has 11 aromatic rings. The van der Waals surface area contributed by atoms with Gasteiger partial charge in [0, 0.05) is 0 Å². The maximum atomic E-state index is 15.0. The molecule has 0 bridgehead atoms. The van der Waals surface area contributed by atoms with Crippen molar-refractivity contribution in [1.82, 2.24) is 0 Å². The Bertz CT molecular complexity index is 3550. The molecule has 0 unspecified atom stereocenters. The van der Waals surface area contributed by atoms with Crippen LogP contribution in [-0.4, -0.2) is 6.36 Å². The van der Waals surface area contributed by atoms with E-state index in [1.54, 1.807) is 30.3 Å². The fourth-order valence-electron chi connectivity index (χ4n) is 9.21. The maximum absolute atomic E-state index is 15.0. The third kappa shape index (κ3) is 6.30. The first kappa shape index (κ1) is 36.5. The van der Waals surface area contributed by atoms with E-state index >= 15 is 4.39 Å². The molecule has 0 saturated carbocycles. The second kappa shape index (κ2) is 14.0. The van der Waals surface area contributed by atoms with Crippen molar-refractivity contribution >= 4 is 64.6 Å². The third-order valence-corrected chi connectivity index (χ3v) is 11.8. The molecule has 0 radical (unpaired) electrons. The fraction of sp³-hybridized carbons (Fsp3) is 0.0182. The molecule has 0 saturated heterocycles. The summed E-state index contributed by atoms with van der Waals surface area (Å²) in [6.45, 7) is 0. The molecule has 61 heavy (non-hydrogen) atoms. The Kier molecular flexibility index (Phi) is 8.39. The van der Waals surface area contributed by atoms with Gasteiger partial charge in [0.25, 0.3) is 0 Å². The Balaban J connectivity index is 1.31. The number of hydrogen-bond donors (Lipinski definition) is 0. The predicted molar refractivity (Wildman–Crippen MR) is 240 cm³/mol. The molecule has 0 fully saturated rings. The van der Waals surface area contributed by atoms with Crippen LogP contribution in [0.1, 0.15) is 0 Å². The molecule has 0 aliphatic heterocycles. The molecule has 0 atom stereocenters. The smallest absolute Gasteiger partial charge is 0.406 e. The van der Waals surface area contributed by atoms with Gasteiger partial charge in [-0.3, -0.25) is 0 Å². The first-order valence-corrected chi connectivity index (χ1v) is 19.8. The van der Waals surface area contributed by atoms with E-state index in [0.29, 0.717) is 5.56 Å². The Morgan fingerprint density at radius 2 is 0.738 bits per heavy atom. The lowest BCUT2D eigenvalue weighted by molar-refractivity contribution is -0.274. The van der Waals surface area contributed by atoms with Gasteiger partial charge >= 0.3 is 6.36 Å². The summed E-state index contributed by atoms with van der Waals surface area (Å²) in [5.74, 6) is -0.961. The van der Waals surface area contributed by atoms with E-state index in [0.717, 1.165) is 104 Å². The van der Waals surface area contributed by atoms with Crippen molar-refractivity contribution in [3.05, 3.63) is 200 Å². The normalized spacial score (nSPS) is 12.0. The first-order valence-electron chi connectivity index (χ1n) is 19.8. The highest BCUT2D eigenvalue weighted by atomic mass is 19.4. The molecule has 11 aromatic carbocycles. The van der Waals surface area contributed by atoms with E-state index in [9.17, 15) is 17.6 Å². The molecular formula is C55H31F5O. The van der Waals surface area contributed by atoms with Crippen LogP contribution in [0.5, 0.6) is 5.75 Å². The topological polar surface area (TPSA) is 9.23 Å². The van der Waals surface area contributed by atoms with Crippen LogP contribution in [0.3, 0.4) is 0 Å². The van der Waals surface area contributed by atoms with Gasteiger partial charge in [-0.25, -0.2) is 8.78 Å². The highest BCUT2D eigenvalue weighted by Gasteiger charge is 2.31. The quantitative estimate of drug-likeness (QED) is 0.0957. The summed E-state index contributed by atoms with van der Waals surface area (Å²) in [5, 5.41) is 11.8. The van der Waals surface area contributed by atoms with Crippen molar-refractivity contribution in [2.75, 3.05) is 0 Å². The molecule has 0 amide bonds. The van der Waals surface area contributed by atoms with Crippen molar-refractivity contribution in [1.29, 1.82) is 0 Å². The molecule has 11 rings (SSSR count). The molecule has 0 N–H and O–H groups in total. The molecule has 0 aromatic heterocycles. The van der Waals surface area contributed by atoms with Crippen LogP contribution in [0.25, 0.3) is 109 Å². The lowest BCUT2D eigenvalue weighted by atomic mass is 9.81. The molecular weight excluding hydrogens is 772 g/mol. The lowest BCUT2D eigenvalue weighted by Crippen LogP contribution is -2.16. The minimum absolute atomic E-state index is 0.301. The predicted octanol–water partition coefficient (Wildman–Crippen LogP) is 16.5. The van der Waals surface area contributed by atoms with Crippen LogP contribution in [0.15, 0.2) is 188 Å². The van der Waals surface area contributed by atoms with Crippen molar-refractivity contribution < 1.29 is 26.7 Å². The average Bonchev–Trinajstić information content (AvgIpc) is 3.27. The first-order chi connectivity index (χ1) is 29.7. The SMILES string of the molecule is Fc1ccc(-c2ccc3c(-c4cc5ccccc5c5ccccc45)c4cc(-c5ccc(OC(F)(F)F)cc5)ccc4c(-c4cc5cc(F)ccc5c5ccccc45)c3c2)cc1. The summed E-state index contributed by atoms with van der Waals surface area (Å²) < 4.78 is 72.9. The average molecular weight is 803 g/mol. The molecule has 292 valence electrons. The lowest BCUT2D eigenvalue weighted by Gasteiger charge is -2.22. The van der Waals surface area contributed by atoms with Crippen molar-refractivity contribution in [2.24, 2.45) is 0 Å². The van der Waals surface area contributed by atoms with Gasteiger partial charge in [0.05, 0.1) is 0 Å². The zero-order chi connectivity index (χ0) is 41.4. The van der Waals surface area contributed by atoms with E-state index in [2.05, 4.69) is 83.6 Å². The van der Waals surface area contributed by atoms with Crippen LogP contribution < -0.4 is 4.74 Å². The number of fused-ring (bicyclic) bond motifs is 8. The maximum Gasteiger partial charge on any atom is 0.573 e. The van der Waals surface area contributed by atoms with Gasteiger partial charge < -0.3 is 4.74 Å². The number of halogens is 5. The number of ether oxygens (including phenoxy) is 1. The molecule has 0 aliphatic carbocycles. The van der Waals surface area contributed by atoms with Gasteiger partial charge in [0.15, 0.2) is 0 Å². The van der Waals surface area contributed by atoms with Crippen LogP contribution in [0, 0.1) is 11.6 Å². The van der Waals surface area contributed by atoms with Crippen LogP contribution in [0.2, 0.25) is 0 Å². The van der Waals surface area contributed by atoms with Gasteiger partial charge in [0.2, 0.25) is 0 Å². The summed E-state index contributed by atoms with van der Waals surface area (Å²) in [6.07, 6.45) is -4.81. The molecule has 0 heterocycles. The third-order valence-electron chi connectivity index (χ3n) is 11.8.